The minimum atomic E-state index is -1.10. The number of aryl methyl sites for hydroxylation is 1. The number of halogens is 1. The highest BCUT2D eigenvalue weighted by atomic mass is 35.5. The summed E-state index contributed by atoms with van der Waals surface area (Å²) in [4.78, 5) is 15.5. The van der Waals surface area contributed by atoms with Crippen LogP contribution < -0.4 is 0 Å². The number of nitrogens with zero attached hydrogens (tertiary/aromatic N) is 4. The van der Waals surface area contributed by atoms with E-state index in [0.717, 1.165) is 22.3 Å². The van der Waals surface area contributed by atoms with Gasteiger partial charge in [0.15, 0.2) is 5.69 Å². The Morgan fingerprint density at radius 1 is 1.29 bits per heavy atom. The van der Waals surface area contributed by atoms with Crippen LogP contribution in [0.25, 0.3) is 16.6 Å². The van der Waals surface area contributed by atoms with E-state index in [2.05, 4.69) is 15.3 Å². The lowest BCUT2D eigenvalue weighted by atomic mass is 10.1. The summed E-state index contributed by atoms with van der Waals surface area (Å²) in [6, 6.07) is 7.19. The van der Waals surface area contributed by atoms with Crippen LogP contribution >= 0.6 is 11.6 Å². The molecule has 0 aliphatic heterocycles. The van der Waals surface area contributed by atoms with E-state index in [1.54, 1.807) is 19.1 Å². The van der Waals surface area contributed by atoms with E-state index >= 15 is 0 Å². The third-order valence-corrected chi connectivity index (χ3v) is 3.44. The Hall–Kier alpha value is -2.47. The number of carboxylic acid groups (broad SMARTS) is 1. The third-order valence-electron chi connectivity index (χ3n) is 3.20. The van der Waals surface area contributed by atoms with Gasteiger partial charge in [-0.05, 0) is 38.1 Å². The zero-order chi connectivity index (χ0) is 15.1. The summed E-state index contributed by atoms with van der Waals surface area (Å²) in [5.74, 6) is -1.10. The van der Waals surface area contributed by atoms with Gasteiger partial charge in [-0.3, -0.25) is 4.98 Å². The van der Waals surface area contributed by atoms with Crippen LogP contribution in [0.3, 0.4) is 0 Å². The first kappa shape index (κ1) is 13.5. The maximum absolute atomic E-state index is 11.1. The fourth-order valence-corrected chi connectivity index (χ4v) is 2.41. The lowest BCUT2D eigenvalue weighted by Gasteiger charge is -2.09. The maximum atomic E-state index is 11.1. The van der Waals surface area contributed by atoms with Crippen molar-refractivity contribution in [3.05, 3.63) is 46.4 Å². The summed E-state index contributed by atoms with van der Waals surface area (Å²) in [5, 5.41) is 18.2. The van der Waals surface area contributed by atoms with Gasteiger partial charge in [-0.1, -0.05) is 16.8 Å². The maximum Gasteiger partial charge on any atom is 0.358 e. The first-order valence-corrected chi connectivity index (χ1v) is 6.58. The van der Waals surface area contributed by atoms with E-state index in [-0.39, 0.29) is 5.69 Å². The van der Waals surface area contributed by atoms with Crippen molar-refractivity contribution in [3.63, 3.8) is 0 Å². The van der Waals surface area contributed by atoms with Crippen molar-refractivity contribution >= 4 is 28.5 Å². The van der Waals surface area contributed by atoms with E-state index in [1.165, 1.54) is 4.68 Å². The number of fused-ring (bicyclic) bond motifs is 1. The predicted molar refractivity (Wildman–Crippen MR) is 78.1 cm³/mol. The zero-order valence-corrected chi connectivity index (χ0v) is 12.1. The Bertz CT molecular complexity index is 868. The molecule has 0 spiro atoms. The average molecular weight is 303 g/mol. The van der Waals surface area contributed by atoms with Crippen LogP contribution in [-0.4, -0.2) is 31.1 Å². The SMILES string of the molecule is Cc1cc(-n2nnc(C(=O)O)c2C)c2ccc(Cl)cc2n1. The standard InChI is InChI=1S/C14H11ClN4O2/c1-7-5-12(10-4-3-9(15)6-11(10)16-7)19-8(2)13(14(20)21)17-18-19/h3-6H,1-2H3,(H,20,21). The van der Waals surface area contributed by atoms with Gasteiger partial charge >= 0.3 is 5.97 Å². The van der Waals surface area contributed by atoms with Crippen LogP contribution in [0.2, 0.25) is 5.02 Å². The lowest BCUT2D eigenvalue weighted by Crippen LogP contribution is -2.04. The molecule has 0 atom stereocenters. The van der Waals surface area contributed by atoms with Crippen LogP contribution in [0.4, 0.5) is 0 Å². The molecule has 2 aromatic heterocycles. The molecule has 0 fully saturated rings. The lowest BCUT2D eigenvalue weighted by molar-refractivity contribution is 0.0689. The second-order valence-corrected chi connectivity index (χ2v) is 5.12. The summed E-state index contributed by atoms with van der Waals surface area (Å²) >= 11 is 5.99. The van der Waals surface area contributed by atoms with E-state index in [1.807, 2.05) is 19.1 Å². The summed E-state index contributed by atoms with van der Waals surface area (Å²) in [5.41, 5.74) is 2.64. The molecule has 0 amide bonds. The number of pyridine rings is 1. The molecule has 1 aromatic carbocycles. The number of hydrogen-bond donors (Lipinski definition) is 1. The van der Waals surface area contributed by atoms with Gasteiger partial charge in [-0.2, -0.15) is 0 Å². The molecule has 0 unspecified atom stereocenters. The molecular formula is C14H11ClN4O2. The molecule has 2 heterocycles. The van der Waals surface area contributed by atoms with Gasteiger partial charge in [0.1, 0.15) is 0 Å². The molecule has 21 heavy (non-hydrogen) atoms. The van der Waals surface area contributed by atoms with Gasteiger partial charge < -0.3 is 5.11 Å². The fourth-order valence-electron chi connectivity index (χ4n) is 2.24. The molecule has 0 radical (unpaired) electrons. The molecule has 0 aliphatic carbocycles. The van der Waals surface area contributed by atoms with E-state index < -0.39 is 5.97 Å². The summed E-state index contributed by atoms with van der Waals surface area (Å²) in [7, 11) is 0. The quantitative estimate of drug-likeness (QED) is 0.787. The topological polar surface area (TPSA) is 80.9 Å². The molecule has 0 saturated carbocycles. The van der Waals surface area contributed by atoms with E-state index in [4.69, 9.17) is 16.7 Å². The summed E-state index contributed by atoms with van der Waals surface area (Å²) in [6.45, 7) is 3.52. The molecule has 3 aromatic rings. The van der Waals surface area contributed by atoms with Crippen molar-refractivity contribution < 1.29 is 9.90 Å². The Morgan fingerprint density at radius 3 is 2.71 bits per heavy atom. The molecule has 106 valence electrons. The molecule has 6 nitrogen and oxygen atoms in total. The number of carboxylic acids is 1. The van der Waals surface area contributed by atoms with Crippen LogP contribution in [0.15, 0.2) is 24.3 Å². The number of aromatic carboxylic acids is 1. The van der Waals surface area contributed by atoms with Crippen LogP contribution in [0, 0.1) is 13.8 Å². The second-order valence-electron chi connectivity index (χ2n) is 4.68. The van der Waals surface area contributed by atoms with Crippen LogP contribution in [0.5, 0.6) is 0 Å². The Kier molecular flexibility index (Phi) is 3.10. The number of benzene rings is 1. The van der Waals surface area contributed by atoms with Crippen molar-refractivity contribution in [1.82, 2.24) is 20.0 Å². The smallest absolute Gasteiger partial charge is 0.358 e. The van der Waals surface area contributed by atoms with Gasteiger partial charge in [0.25, 0.3) is 0 Å². The van der Waals surface area contributed by atoms with Crippen molar-refractivity contribution in [2.45, 2.75) is 13.8 Å². The van der Waals surface area contributed by atoms with Gasteiger partial charge in [0, 0.05) is 16.1 Å². The number of rotatable bonds is 2. The monoisotopic (exact) mass is 302 g/mol. The minimum Gasteiger partial charge on any atom is -0.476 e. The molecule has 0 aliphatic rings. The third kappa shape index (κ3) is 2.23. The number of aromatic nitrogens is 4. The van der Waals surface area contributed by atoms with Gasteiger partial charge in [-0.15, -0.1) is 5.10 Å². The van der Waals surface area contributed by atoms with E-state index in [0.29, 0.717) is 10.7 Å². The number of hydrogen-bond acceptors (Lipinski definition) is 4. The highest BCUT2D eigenvalue weighted by Crippen LogP contribution is 2.25. The van der Waals surface area contributed by atoms with Crippen molar-refractivity contribution in [3.8, 4) is 5.69 Å². The van der Waals surface area contributed by atoms with Crippen molar-refractivity contribution in [1.29, 1.82) is 0 Å². The molecule has 0 bridgehead atoms. The molecule has 1 N–H and O–H groups in total. The fraction of sp³-hybridized carbons (Fsp3) is 0.143. The van der Waals surface area contributed by atoms with Gasteiger partial charge in [0.2, 0.25) is 0 Å². The highest BCUT2D eigenvalue weighted by molar-refractivity contribution is 6.31. The second kappa shape index (κ2) is 4.82. The van der Waals surface area contributed by atoms with Crippen molar-refractivity contribution in [2.75, 3.05) is 0 Å². The molecular weight excluding hydrogens is 292 g/mol. The molecule has 3 rings (SSSR count). The normalized spacial score (nSPS) is 11.0. The highest BCUT2D eigenvalue weighted by Gasteiger charge is 2.18. The van der Waals surface area contributed by atoms with Crippen LogP contribution in [-0.2, 0) is 0 Å². The van der Waals surface area contributed by atoms with Gasteiger partial charge in [-0.25, -0.2) is 9.48 Å². The Balaban J connectivity index is 2.32. The average Bonchev–Trinajstić information content (AvgIpc) is 2.79. The molecule has 7 heteroatoms. The van der Waals surface area contributed by atoms with Crippen LogP contribution in [0.1, 0.15) is 21.9 Å². The summed E-state index contributed by atoms with van der Waals surface area (Å²) in [6.07, 6.45) is 0. The Labute approximate surface area is 125 Å². The summed E-state index contributed by atoms with van der Waals surface area (Å²) < 4.78 is 1.51. The first-order chi connectivity index (χ1) is 9.97. The molecule has 0 saturated heterocycles. The van der Waals surface area contributed by atoms with Gasteiger partial charge in [0.05, 0.1) is 16.9 Å². The first-order valence-electron chi connectivity index (χ1n) is 6.20. The van der Waals surface area contributed by atoms with Crippen molar-refractivity contribution in [2.24, 2.45) is 0 Å². The zero-order valence-electron chi connectivity index (χ0n) is 11.3. The van der Waals surface area contributed by atoms with E-state index in [9.17, 15) is 4.79 Å². The minimum absolute atomic E-state index is 0.0634. The predicted octanol–water partition coefficient (Wildman–Crippen LogP) is 2.78. The largest absolute Gasteiger partial charge is 0.476 e. The Morgan fingerprint density at radius 2 is 2.05 bits per heavy atom. The number of carbonyl (C=O) groups is 1.